The molecule has 14 heavy (non-hydrogen) atoms. The number of nitrogens with zero attached hydrogens (tertiary/aromatic N) is 1. The first kappa shape index (κ1) is 11.7. The summed E-state index contributed by atoms with van der Waals surface area (Å²) in [6.07, 6.45) is 3.83. The Morgan fingerprint density at radius 2 is 2.07 bits per heavy atom. The van der Waals surface area contributed by atoms with Gasteiger partial charge in [-0.05, 0) is 36.5 Å². The van der Waals surface area contributed by atoms with Crippen LogP contribution in [0.1, 0.15) is 47.0 Å². The molecular formula is C13H25N. The van der Waals surface area contributed by atoms with Crippen molar-refractivity contribution in [1.82, 2.24) is 0 Å². The Bertz CT molecular complexity index is 207. The molecule has 0 aromatic rings. The van der Waals surface area contributed by atoms with Crippen LogP contribution in [0.4, 0.5) is 0 Å². The quantitative estimate of drug-likeness (QED) is 0.605. The van der Waals surface area contributed by atoms with Gasteiger partial charge in [0.1, 0.15) is 0 Å². The zero-order chi connectivity index (χ0) is 10.7. The summed E-state index contributed by atoms with van der Waals surface area (Å²) in [5.41, 5.74) is 1.44. The monoisotopic (exact) mass is 195 g/mol. The van der Waals surface area contributed by atoms with Gasteiger partial charge in [0.15, 0.2) is 0 Å². The Morgan fingerprint density at radius 3 is 2.43 bits per heavy atom. The minimum Gasteiger partial charge on any atom is -0.297 e. The maximum absolute atomic E-state index is 4.46. The molecule has 1 heteroatoms. The summed E-state index contributed by atoms with van der Waals surface area (Å²) in [5.74, 6) is 3.45. The number of hydrogen-bond donors (Lipinski definition) is 0. The molecule has 4 atom stereocenters. The fourth-order valence-corrected chi connectivity index (χ4v) is 2.79. The predicted octanol–water partition coefficient (Wildman–Crippen LogP) is 3.79. The summed E-state index contributed by atoms with van der Waals surface area (Å²) in [6, 6.07) is 0. The molecule has 0 heterocycles. The molecule has 0 radical (unpaired) electrons. The zero-order valence-corrected chi connectivity index (χ0v) is 10.4. The number of rotatable bonds is 4. The molecule has 1 aliphatic carbocycles. The van der Waals surface area contributed by atoms with Crippen LogP contribution in [0.2, 0.25) is 0 Å². The lowest BCUT2D eigenvalue weighted by Gasteiger charge is -2.45. The molecule has 1 aliphatic rings. The van der Waals surface area contributed by atoms with E-state index in [0.29, 0.717) is 5.92 Å². The molecule has 1 fully saturated rings. The van der Waals surface area contributed by atoms with Gasteiger partial charge in [-0.15, -0.1) is 0 Å². The Hall–Kier alpha value is -0.330. The van der Waals surface area contributed by atoms with Crippen LogP contribution < -0.4 is 0 Å². The second-order valence-corrected chi connectivity index (χ2v) is 4.99. The van der Waals surface area contributed by atoms with Crippen molar-refractivity contribution >= 4 is 5.71 Å². The Kier molecular flexibility index (Phi) is 4.15. The van der Waals surface area contributed by atoms with Crippen LogP contribution in [0.25, 0.3) is 0 Å². The Balaban J connectivity index is 2.52. The summed E-state index contributed by atoms with van der Waals surface area (Å²) >= 11 is 0. The summed E-state index contributed by atoms with van der Waals surface area (Å²) < 4.78 is 0. The van der Waals surface area contributed by atoms with Gasteiger partial charge < -0.3 is 0 Å². The van der Waals surface area contributed by atoms with Gasteiger partial charge in [0.25, 0.3) is 0 Å². The topological polar surface area (TPSA) is 12.4 Å². The van der Waals surface area contributed by atoms with Gasteiger partial charge >= 0.3 is 0 Å². The predicted molar refractivity (Wildman–Crippen MR) is 63.9 cm³/mol. The van der Waals surface area contributed by atoms with Gasteiger partial charge in [0, 0.05) is 12.8 Å². The van der Waals surface area contributed by atoms with Gasteiger partial charge in [-0.25, -0.2) is 0 Å². The average molecular weight is 195 g/mol. The van der Waals surface area contributed by atoms with Crippen molar-refractivity contribution in [2.75, 3.05) is 7.05 Å². The summed E-state index contributed by atoms with van der Waals surface area (Å²) in [4.78, 5) is 4.46. The molecular weight excluding hydrogens is 170 g/mol. The SMILES string of the molecule is CCCC(=NC)C(C)C1CC(C)C1C. The van der Waals surface area contributed by atoms with Crippen LogP contribution >= 0.6 is 0 Å². The summed E-state index contributed by atoms with van der Waals surface area (Å²) in [6.45, 7) is 9.38. The third-order valence-electron chi connectivity index (χ3n) is 4.18. The van der Waals surface area contributed by atoms with Crippen LogP contribution in [0.15, 0.2) is 4.99 Å². The Labute approximate surface area is 89.0 Å². The van der Waals surface area contributed by atoms with Gasteiger partial charge in [-0.1, -0.05) is 34.1 Å². The van der Waals surface area contributed by atoms with Gasteiger partial charge in [0.2, 0.25) is 0 Å². The molecule has 0 aromatic heterocycles. The van der Waals surface area contributed by atoms with Crippen LogP contribution in [0.3, 0.4) is 0 Å². The molecule has 1 nitrogen and oxygen atoms in total. The van der Waals surface area contributed by atoms with Crippen LogP contribution in [0.5, 0.6) is 0 Å². The Morgan fingerprint density at radius 1 is 1.43 bits per heavy atom. The smallest absolute Gasteiger partial charge is 0.0276 e. The van der Waals surface area contributed by atoms with Gasteiger partial charge in [0.05, 0.1) is 0 Å². The highest BCUT2D eigenvalue weighted by atomic mass is 14.7. The molecule has 0 N–H and O–H groups in total. The molecule has 0 saturated heterocycles. The maximum atomic E-state index is 4.46. The number of aliphatic imine (C=N–C) groups is 1. The molecule has 0 amide bonds. The van der Waals surface area contributed by atoms with Crippen LogP contribution in [-0.2, 0) is 0 Å². The van der Waals surface area contributed by atoms with Crippen LogP contribution in [-0.4, -0.2) is 12.8 Å². The summed E-state index contributed by atoms with van der Waals surface area (Å²) in [7, 11) is 1.95. The third-order valence-corrected chi connectivity index (χ3v) is 4.18. The zero-order valence-electron chi connectivity index (χ0n) is 10.4. The molecule has 1 rings (SSSR count). The van der Waals surface area contributed by atoms with Crippen molar-refractivity contribution in [3.63, 3.8) is 0 Å². The largest absolute Gasteiger partial charge is 0.297 e. The third kappa shape index (κ3) is 2.18. The molecule has 0 bridgehead atoms. The average Bonchev–Trinajstić information content (AvgIpc) is 2.20. The van der Waals surface area contributed by atoms with Crippen molar-refractivity contribution in [2.24, 2.45) is 28.7 Å². The first-order valence-electron chi connectivity index (χ1n) is 6.07. The van der Waals surface area contributed by atoms with Crippen molar-refractivity contribution in [1.29, 1.82) is 0 Å². The normalized spacial score (nSPS) is 35.2. The highest BCUT2D eigenvalue weighted by Crippen LogP contribution is 2.44. The fourth-order valence-electron chi connectivity index (χ4n) is 2.79. The minimum atomic E-state index is 0.714. The molecule has 0 spiro atoms. The fraction of sp³-hybridized carbons (Fsp3) is 0.923. The van der Waals surface area contributed by atoms with E-state index < -0.39 is 0 Å². The molecule has 82 valence electrons. The lowest BCUT2D eigenvalue weighted by atomic mass is 9.61. The van der Waals surface area contributed by atoms with E-state index in [9.17, 15) is 0 Å². The first-order valence-corrected chi connectivity index (χ1v) is 6.07. The van der Waals surface area contributed by atoms with E-state index in [1.807, 2.05) is 7.05 Å². The van der Waals surface area contributed by atoms with Crippen LogP contribution in [0, 0.1) is 23.7 Å². The molecule has 0 aliphatic heterocycles. The van der Waals surface area contributed by atoms with E-state index in [4.69, 9.17) is 0 Å². The van der Waals surface area contributed by atoms with Gasteiger partial charge in [-0.2, -0.15) is 0 Å². The van der Waals surface area contributed by atoms with Crippen molar-refractivity contribution in [3.8, 4) is 0 Å². The first-order chi connectivity index (χ1) is 6.61. The molecule has 1 saturated carbocycles. The van der Waals surface area contributed by atoms with E-state index >= 15 is 0 Å². The van der Waals surface area contributed by atoms with E-state index in [1.165, 1.54) is 25.0 Å². The second-order valence-electron chi connectivity index (χ2n) is 4.99. The highest BCUT2D eigenvalue weighted by molar-refractivity contribution is 5.86. The lowest BCUT2D eigenvalue weighted by molar-refractivity contribution is 0.0779. The minimum absolute atomic E-state index is 0.714. The highest BCUT2D eigenvalue weighted by Gasteiger charge is 2.38. The number of hydrogen-bond acceptors (Lipinski definition) is 1. The van der Waals surface area contributed by atoms with E-state index in [-0.39, 0.29) is 0 Å². The lowest BCUT2D eigenvalue weighted by Crippen LogP contribution is -2.39. The maximum Gasteiger partial charge on any atom is 0.0276 e. The standard InChI is InChI=1S/C13H25N/c1-6-7-13(14-5)11(4)12-8-9(2)10(12)3/h9-12H,6-8H2,1-5H3. The molecule has 0 aromatic carbocycles. The van der Waals surface area contributed by atoms with Crippen molar-refractivity contribution in [2.45, 2.75) is 47.0 Å². The van der Waals surface area contributed by atoms with Crippen molar-refractivity contribution in [3.05, 3.63) is 0 Å². The second kappa shape index (κ2) is 4.95. The van der Waals surface area contributed by atoms with Crippen molar-refractivity contribution < 1.29 is 0 Å². The molecule has 4 unspecified atom stereocenters. The van der Waals surface area contributed by atoms with E-state index in [2.05, 4.69) is 32.7 Å². The van der Waals surface area contributed by atoms with E-state index in [0.717, 1.165) is 17.8 Å². The van der Waals surface area contributed by atoms with Gasteiger partial charge in [-0.3, -0.25) is 4.99 Å². The summed E-state index contributed by atoms with van der Waals surface area (Å²) in [5, 5.41) is 0. The van der Waals surface area contributed by atoms with E-state index in [1.54, 1.807) is 0 Å².